The first-order valence-electron chi connectivity index (χ1n) is 12.0. The van der Waals surface area contributed by atoms with Gasteiger partial charge in [-0.3, -0.25) is 0 Å². The van der Waals surface area contributed by atoms with Crippen LogP contribution in [0.3, 0.4) is 0 Å². The monoisotopic (exact) mass is 452 g/mol. The molecule has 0 saturated heterocycles. The zero-order valence-electron chi connectivity index (χ0n) is 19.8. The van der Waals surface area contributed by atoms with Gasteiger partial charge >= 0.3 is 0 Å². The Labute approximate surface area is 205 Å². The second-order valence-corrected chi connectivity index (χ2v) is 13.7. The van der Waals surface area contributed by atoms with Gasteiger partial charge < -0.3 is 4.98 Å². The molecule has 1 unspecified atom stereocenters. The SMILES string of the molecule is CCCCCCCCCCC(C)N[Si](C)(C)c1cccc2c1Cc1ccccc1-2.[Sc]. The van der Waals surface area contributed by atoms with Gasteiger partial charge in [0.25, 0.3) is 0 Å². The molecule has 1 radical (unpaired) electrons. The van der Waals surface area contributed by atoms with Crippen LogP contribution in [-0.4, -0.2) is 14.3 Å². The first-order chi connectivity index (χ1) is 14.0. The van der Waals surface area contributed by atoms with Crippen LogP contribution in [0, 0.1) is 0 Å². The van der Waals surface area contributed by atoms with Crippen LogP contribution in [-0.2, 0) is 32.3 Å². The van der Waals surface area contributed by atoms with Crippen molar-refractivity contribution < 1.29 is 25.8 Å². The van der Waals surface area contributed by atoms with Crippen LogP contribution in [0.2, 0.25) is 13.1 Å². The maximum absolute atomic E-state index is 4.09. The molecule has 0 heterocycles. The molecule has 0 aliphatic heterocycles. The zero-order chi connectivity index (χ0) is 20.7. The Bertz CT molecular complexity index is 786. The minimum absolute atomic E-state index is 0. The van der Waals surface area contributed by atoms with Crippen LogP contribution in [0.1, 0.15) is 82.8 Å². The smallest absolute Gasteiger partial charge is 0.152 e. The molecular formula is C27H41NScSi. The van der Waals surface area contributed by atoms with E-state index in [2.05, 4.69) is 74.4 Å². The zero-order valence-corrected chi connectivity index (χ0v) is 22.6. The summed E-state index contributed by atoms with van der Waals surface area (Å²) >= 11 is 0. The fraction of sp³-hybridized carbons (Fsp3) is 0.556. The van der Waals surface area contributed by atoms with Crippen molar-refractivity contribution in [3.8, 4) is 11.1 Å². The Hall–Kier alpha value is -0.513. The van der Waals surface area contributed by atoms with Gasteiger partial charge in [-0.25, -0.2) is 0 Å². The molecule has 2 aromatic rings. The average molecular weight is 453 g/mol. The molecule has 1 aliphatic carbocycles. The van der Waals surface area contributed by atoms with Crippen molar-refractivity contribution in [1.82, 2.24) is 4.98 Å². The van der Waals surface area contributed by atoms with Gasteiger partial charge in [0.15, 0.2) is 8.24 Å². The number of benzene rings is 2. The third-order valence-corrected chi connectivity index (χ3v) is 9.65. The van der Waals surface area contributed by atoms with Crippen LogP contribution in [0.4, 0.5) is 0 Å². The predicted octanol–water partition coefficient (Wildman–Crippen LogP) is 7.18. The van der Waals surface area contributed by atoms with E-state index in [1.54, 1.807) is 10.8 Å². The van der Waals surface area contributed by atoms with Crippen molar-refractivity contribution in [2.45, 2.75) is 97.2 Å². The molecule has 30 heavy (non-hydrogen) atoms. The van der Waals surface area contributed by atoms with Crippen molar-refractivity contribution >= 4 is 13.4 Å². The fourth-order valence-corrected chi connectivity index (χ4v) is 8.12. The molecule has 1 N–H and O–H groups in total. The van der Waals surface area contributed by atoms with Crippen molar-refractivity contribution in [3.05, 3.63) is 53.6 Å². The molecule has 0 amide bonds. The van der Waals surface area contributed by atoms with Crippen LogP contribution < -0.4 is 10.2 Å². The molecule has 0 spiro atoms. The summed E-state index contributed by atoms with van der Waals surface area (Å²) in [6, 6.07) is 16.5. The Balaban J connectivity index is 0.00000320. The van der Waals surface area contributed by atoms with E-state index in [0.717, 1.165) is 6.42 Å². The van der Waals surface area contributed by atoms with Gasteiger partial charge in [-0.1, -0.05) is 121 Å². The van der Waals surface area contributed by atoms with E-state index in [0.29, 0.717) is 6.04 Å². The maximum Gasteiger partial charge on any atom is 0.152 e. The van der Waals surface area contributed by atoms with E-state index < -0.39 is 8.24 Å². The summed E-state index contributed by atoms with van der Waals surface area (Å²) in [6.07, 6.45) is 13.6. The standard InChI is InChI=1S/C27H41NSi.Sc/c1-5-6-7-8-9-10-11-12-16-22(2)28-29(3,4)27-20-15-19-25-24-18-14-13-17-23(24)21-26(25)27;/h13-15,17-20,22,28H,5-12,16,21H2,1-4H3;. The summed E-state index contributed by atoms with van der Waals surface area (Å²) in [4.78, 5) is 4.09. The second-order valence-electron chi connectivity index (χ2n) is 9.60. The third kappa shape index (κ3) is 6.74. The summed E-state index contributed by atoms with van der Waals surface area (Å²) in [6.45, 7) is 9.68. The molecular weight excluding hydrogens is 411 g/mol. The Morgan fingerprint density at radius 3 is 2.20 bits per heavy atom. The van der Waals surface area contributed by atoms with E-state index in [4.69, 9.17) is 0 Å². The van der Waals surface area contributed by atoms with Crippen molar-refractivity contribution in [3.63, 3.8) is 0 Å². The minimum Gasteiger partial charge on any atom is -0.331 e. The number of rotatable bonds is 12. The van der Waals surface area contributed by atoms with Gasteiger partial charge in [0, 0.05) is 25.8 Å². The molecule has 1 nitrogen and oxygen atoms in total. The fourth-order valence-electron chi connectivity index (χ4n) is 5.09. The minimum atomic E-state index is -1.68. The van der Waals surface area contributed by atoms with E-state index >= 15 is 0 Å². The summed E-state index contributed by atoms with van der Waals surface area (Å²) in [5, 5.41) is 1.61. The van der Waals surface area contributed by atoms with Gasteiger partial charge in [-0.2, -0.15) is 0 Å². The molecule has 161 valence electrons. The Morgan fingerprint density at radius 2 is 1.47 bits per heavy atom. The van der Waals surface area contributed by atoms with Gasteiger partial charge in [0.2, 0.25) is 0 Å². The number of unbranched alkanes of at least 4 members (excludes halogenated alkanes) is 7. The van der Waals surface area contributed by atoms with Gasteiger partial charge in [-0.15, -0.1) is 0 Å². The van der Waals surface area contributed by atoms with Crippen LogP contribution in [0.25, 0.3) is 11.1 Å². The van der Waals surface area contributed by atoms with E-state index in [1.807, 2.05) is 0 Å². The van der Waals surface area contributed by atoms with E-state index in [9.17, 15) is 0 Å². The first kappa shape index (κ1) is 25.7. The second kappa shape index (κ2) is 12.5. The average Bonchev–Trinajstić information content (AvgIpc) is 3.08. The molecule has 2 aromatic carbocycles. The summed E-state index contributed by atoms with van der Waals surface area (Å²) in [5.74, 6) is 0. The maximum atomic E-state index is 4.09. The van der Waals surface area contributed by atoms with Gasteiger partial charge in [0.1, 0.15) is 0 Å². The summed E-state index contributed by atoms with van der Waals surface area (Å²) < 4.78 is 0. The number of fused-ring (bicyclic) bond motifs is 3. The molecule has 1 atom stereocenters. The first-order valence-corrected chi connectivity index (χ1v) is 15.0. The molecule has 0 saturated carbocycles. The summed E-state index contributed by atoms with van der Waals surface area (Å²) in [5.41, 5.74) is 5.99. The molecule has 3 heteroatoms. The van der Waals surface area contributed by atoms with Crippen LogP contribution in [0.15, 0.2) is 42.5 Å². The van der Waals surface area contributed by atoms with Crippen LogP contribution in [0.5, 0.6) is 0 Å². The summed E-state index contributed by atoms with van der Waals surface area (Å²) in [7, 11) is -1.68. The molecule has 3 rings (SSSR count). The normalized spacial score (nSPS) is 13.5. The molecule has 0 bridgehead atoms. The van der Waals surface area contributed by atoms with Crippen LogP contribution >= 0.6 is 0 Å². The topological polar surface area (TPSA) is 12.0 Å². The predicted molar refractivity (Wildman–Crippen MR) is 132 cm³/mol. The third-order valence-electron chi connectivity index (χ3n) is 6.62. The van der Waals surface area contributed by atoms with E-state index in [1.165, 1.54) is 74.5 Å². The van der Waals surface area contributed by atoms with Crippen molar-refractivity contribution in [1.29, 1.82) is 0 Å². The largest absolute Gasteiger partial charge is 0.331 e. The number of hydrogen-bond acceptors (Lipinski definition) is 1. The van der Waals surface area contributed by atoms with E-state index in [-0.39, 0.29) is 25.8 Å². The van der Waals surface area contributed by atoms with Gasteiger partial charge in [0.05, 0.1) is 0 Å². The Morgan fingerprint density at radius 1 is 0.833 bits per heavy atom. The van der Waals surface area contributed by atoms with Crippen molar-refractivity contribution in [2.24, 2.45) is 0 Å². The Kier molecular flexibility index (Phi) is 10.7. The van der Waals surface area contributed by atoms with Crippen molar-refractivity contribution in [2.75, 3.05) is 0 Å². The quantitative estimate of drug-likeness (QED) is 0.227. The molecule has 0 fully saturated rings. The molecule has 0 aromatic heterocycles. The number of hydrogen-bond donors (Lipinski definition) is 1. The molecule has 1 aliphatic rings. The number of nitrogens with one attached hydrogen (secondary N) is 1. The van der Waals surface area contributed by atoms with Gasteiger partial charge in [-0.05, 0) is 46.3 Å².